The lowest BCUT2D eigenvalue weighted by atomic mass is 10.2. The monoisotopic (exact) mass is 291 g/mol. The largest absolute Gasteiger partial charge is 0.454 e. The first-order valence-corrected chi connectivity index (χ1v) is 5.92. The van der Waals surface area contributed by atoms with E-state index in [-0.39, 0.29) is 0 Å². The Morgan fingerprint density at radius 1 is 1.29 bits per heavy atom. The van der Waals surface area contributed by atoms with E-state index in [1.807, 2.05) is 31.3 Å². The second-order valence-electron chi connectivity index (χ2n) is 3.87. The van der Waals surface area contributed by atoms with Crippen molar-refractivity contribution in [1.82, 2.24) is 9.78 Å². The van der Waals surface area contributed by atoms with E-state index in [9.17, 15) is 0 Å². The van der Waals surface area contributed by atoms with Crippen molar-refractivity contribution in [3.8, 4) is 11.5 Å². The molecule has 0 saturated carbocycles. The van der Waals surface area contributed by atoms with Gasteiger partial charge in [0.1, 0.15) is 17.1 Å². The highest BCUT2D eigenvalue weighted by molar-refractivity contribution is 9.10. The Morgan fingerprint density at radius 3 is 2.82 bits per heavy atom. The molecule has 3 rings (SSSR count). The van der Waals surface area contributed by atoms with E-state index in [1.165, 1.54) is 0 Å². The summed E-state index contributed by atoms with van der Waals surface area (Å²) in [4.78, 5) is 0. The third-order valence-corrected chi connectivity index (χ3v) is 3.12. The number of nitrogens with zero attached hydrogens (tertiary/aromatic N) is 2. The highest BCUT2D eigenvalue weighted by Gasteiger charge is 2.11. The first kappa shape index (κ1) is 10.4. The Bertz CT molecular complexity index is 699. The van der Waals surface area contributed by atoms with Gasteiger partial charge in [0, 0.05) is 23.0 Å². The van der Waals surface area contributed by atoms with Gasteiger partial charge < -0.3 is 10.2 Å². The summed E-state index contributed by atoms with van der Waals surface area (Å²) in [6.07, 6.45) is 0. The Hall–Kier alpha value is -1.75. The number of halogens is 1. The Labute approximate surface area is 106 Å². The van der Waals surface area contributed by atoms with Crippen LogP contribution >= 0.6 is 15.9 Å². The minimum Gasteiger partial charge on any atom is -0.454 e. The van der Waals surface area contributed by atoms with E-state index >= 15 is 0 Å². The summed E-state index contributed by atoms with van der Waals surface area (Å²) >= 11 is 3.44. The maximum atomic E-state index is 5.77. The predicted molar refractivity (Wildman–Crippen MR) is 70.5 cm³/mol. The molecule has 0 aliphatic heterocycles. The zero-order valence-corrected chi connectivity index (χ0v) is 10.7. The number of aromatic nitrogens is 2. The summed E-state index contributed by atoms with van der Waals surface area (Å²) in [5.41, 5.74) is 7.37. The smallest absolute Gasteiger partial charge is 0.153 e. The molecule has 0 saturated heterocycles. The molecule has 0 atom stereocenters. The predicted octanol–water partition coefficient (Wildman–Crippen LogP) is 3.18. The molecular weight excluding hydrogens is 282 g/mol. The molecule has 0 fully saturated rings. The van der Waals surface area contributed by atoms with E-state index in [0.29, 0.717) is 5.82 Å². The van der Waals surface area contributed by atoms with Crippen molar-refractivity contribution in [2.75, 3.05) is 5.73 Å². The van der Waals surface area contributed by atoms with Gasteiger partial charge in [-0.2, -0.15) is 5.10 Å². The summed E-state index contributed by atoms with van der Waals surface area (Å²) in [5, 5.41) is 5.15. The zero-order chi connectivity index (χ0) is 12.0. The fourth-order valence-corrected chi connectivity index (χ4v) is 2.24. The van der Waals surface area contributed by atoms with E-state index < -0.39 is 0 Å². The average molecular weight is 292 g/mol. The topological polar surface area (TPSA) is 57.0 Å². The molecule has 2 N–H and O–H groups in total. The lowest BCUT2D eigenvalue weighted by Crippen LogP contribution is -1.93. The molecule has 0 radical (unpaired) electrons. The lowest BCUT2D eigenvalue weighted by Gasteiger charge is -1.94. The minimum absolute atomic E-state index is 0.490. The van der Waals surface area contributed by atoms with Gasteiger partial charge in [0.25, 0.3) is 0 Å². The number of rotatable bonds is 1. The molecule has 0 aliphatic carbocycles. The van der Waals surface area contributed by atoms with E-state index in [1.54, 1.807) is 10.7 Å². The van der Waals surface area contributed by atoms with Crippen LogP contribution in [0, 0.1) is 0 Å². The van der Waals surface area contributed by atoms with Gasteiger partial charge in [0.2, 0.25) is 0 Å². The van der Waals surface area contributed by atoms with Gasteiger partial charge >= 0.3 is 0 Å². The number of furan rings is 1. The van der Waals surface area contributed by atoms with Crippen molar-refractivity contribution < 1.29 is 4.42 Å². The summed E-state index contributed by atoms with van der Waals surface area (Å²) in [6.45, 7) is 0. The van der Waals surface area contributed by atoms with Crippen LogP contribution in [0.1, 0.15) is 0 Å². The number of anilines is 1. The van der Waals surface area contributed by atoms with Crippen LogP contribution in [-0.2, 0) is 7.05 Å². The maximum Gasteiger partial charge on any atom is 0.153 e. The standard InChI is InChI=1S/C12H10BrN3O/c1-16-9(6-12(14)15-16)11-5-7-4-8(13)2-3-10(7)17-11/h2-6H,1H3,(H2,14,15). The number of nitrogen functional groups attached to an aromatic ring is 1. The van der Waals surface area contributed by atoms with Crippen molar-refractivity contribution in [3.05, 3.63) is 34.8 Å². The first-order valence-electron chi connectivity index (χ1n) is 5.12. The summed E-state index contributed by atoms with van der Waals surface area (Å²) < 4.78 is 8.51. The van der Waals surface area contributed by atoms with Crippen molar-refractivity contribution in [1.29, 1.82) is 0 Å². The molecule has 86 valence electrons. The normalized spacial score (nSPS) is 11.2. The van der Waals surface area contributed by atoms with Crippen LogP contribution in [0.5, 0.6) is 0 Å². The second-order valence-corrected chi connectivity index (χ2v) is 4.79. The zero-order valence-electron chi connectivity index (χ0n) is 9.14. The minimum atomic E-state index is 0.490. The molecule has 4 nitrogen and oxygen atoms in total. The van der Waals surface area contributed by atoms with Gasteiger partial charge in [-0.3, -0.25) is 4.68 Å². The van der Waals surface area contributed by atoms with E-state index in [0.717, 1.165) is 26.9 Å². The number of aryl methyl sites for hydroxylation is 1. The van der Waals surface area contributed by atoms with E-state index in [4.69, 9.17) is 10.2 Å². The van der Waals surface area contributed by atoms with Crippen LogP contribution in [0.15, 0.2) is 39.2 Å². The van der Waals surface area contributed by atoms with Crippen LogP contribution in [0.2, 0.25) is 0 Å². The number of fused-ring (bicyclic) bond motifs is 1. The molecule has 3 aromatic rings. The van der Waals surface area contributed by atoms with Crippen molar-refractivity contribution in [3.63, 3.8) is 0 Å². The van der Waals surface area contributed by atoms with Gasteiger partial charge in [-0.15, -0.1) is 0 Å². The molecule has 2 heterocycles. The number of hydrogen-bond acceptors (Lipinski definition) is 3. The molecule has 0 amide bonds. The van der Waals surface area contributed by atoms with Gasteiger partial charge in [0.05, 0.1) is 0 Å². The number of hydrogen-bond donors (Lipinski definition) is 1. The Morgan fingerprint density at radius 2 is 2.12 bits per heavy atom. The van der Waals surface area contributed by atoms with Crippen LogP contribution in [0.4, 0.5) is 5.82 Å². The number of nitrogens with two attached hydrogens (primary N) is 1. The fraction of sp³-hybridized carbons (Fsp3) is 0.0833. The summed E-state index contributed by atoms with van der Waals surface area (Å²) in [7, 11) is 1.84. The van der Waals surface area contributed by atoms with Crippen molar-refractivity contribution >= 4 is 32.7 Å². The van der Waals surface area contributed by atoms with Gasteiger partial charge in [-0.05, 0) is 24.3 Å². The lowest BCUT2D eigenvalue weighted by molar-refractivity contribution is 0.618. The van der Waals surface area contributed by atoms with Crippen molar-refractivity contribution in [2.45, 2.75) is 0 Å². The van der Waals surface area contributed by atoms with Gasteiger partial charge in [0.15, 0.2) is 5.76 Å². The van der Waals surface area contributed by atoms with Crippen LogP contribution < -0.4 is 5.73 Å². The SMILES string of the molecule is Cn1nc(N)cc1-c1cc2cc(Br)ccc2o1. The average Bonchev–Trinajstić information content (AvgIpc) is 2.80. The second kappa shape index (κ2) is 3.63. The maximum absolute atomic E-state index is 5.77. The molecule has 0 aliphatic rings. The van der Waals surface area contributed by atoms with Crippen LogP contribution in [0.25, 0.3) is 22.4 Å². The fourth-order valence-electron chi connectivity index (χ4n) is 1.86. The third kappa shape index (κ3) is 1.72. The van der Waals surface area contributed by atoms with Crippen LogP contribution in [-0.4, -0.2) is 9.78 Å². The molecule has 17 heavy (non-hydrogen) atoms. The summed E-state index contributed by atoms with van der Waals surface area (Å²) in [5.74, 6) is 1.26. The Balaban J connectivity index is 2.21. The molecule has 2 aromatic heterocycles. The first-order chi connectivity index (χ1) is 8.13. The Kier molecular flexibility index (Phi) is 2.22. The van der Waals surface area contributed by atoms with Crippen LogP contribution in [0.3, 0.4) is 0 Å². The number of benzene rings is 1. The molecule has 0 spiro atoms. The quantitative estimate of drug-likeness (QED) is 0.749. The third-order valence-electron chi connectivity index (χ3n) is 2.63. The molecule has 5 heteroatoms. The molecular formula is C12H10BrN3O. The molecule has 1 aromatic carbocycles. The molecule has 0 unspecified atom stereocenters. The van der Waals surface area contributed by atoms with Crippen molar-refractivity contribution in [2.24, 2.45) is 7.05 Å². The van der Waals surface area contributed by atoms with E-state index in [2.05, 4.69) is 21.0 Å². The summed E-state index contributed by atoms with van der Waals surface area (Å²) in [6, 6.07) is 9.68. The highest BCUT2D eigenvalue weighted by atomic mass is 79.9. The molecule has 0 bridgehead atoms. The van der Waals surface area contributed by atoms with Gasteiger partial charge in [-0.25, -0.2) is 0 Å². The highest BCUT2D eigenvalue weighted by Crippen LogP contribution is 2.30. The van der Waals surface area contributed by atoms with Gasteiger partial charge in [-0.1, -0.05) is 15.9 Å².